The first kappa shape index (κ1) is 15.5. The van der Waals surface area contributed by atoms with Crippen molar-refractivity contribution in [2.45, 2.75) is 27.2 Å². The zero-order valence-corrected chi connectivity index (χ0v) is 12.8. The predicted molar refractivity (Wildman–Crippen MR) is 79.4 cm³/mol. The highest BCUT2D eigenvalue weighted by atomic mass is 79.9. The minimum Gasteiger partial charge on any atom is -0.409 e. The molecule has 0 bridgehead atoms. The Labute approximate surface area is 121 Å². The van der Waals surface area contributed by atoms with Gasteiger partial charge in [0.1, 0.15) is 0 Å². The second-order valence-electron chi connectivity index (χ2n) is 4.39. The molecule has 1 rings (SSSR count). The van der Waals surface area contributed by atoms with Crippen molar-refractivity contribution in [3.63, 3.8) is 0 Å². The number of nitrogens with zero attached hydrogens (tertiary/aromatic N) is 1. The fraction of sp³-hybridized carbons (Fsp3) is 0.385. The van der Waals surface area contributed by atoms with Crippen LogP contribution in [0.5, 0.6) is 0 Å². The molecule has 0 spiro atoms. The summed E-state index contributed by atoms with van der Waals surface area (Å²) in [4.78, 5) is 12.1. The standard InChI is InChI=1S/C13H18BrN3O2/c1-4-10(12(15)17-19)13(18)16-11-7(2)5-9(14)6-8(11)3/h5-6,10,19H,4H2,1-3H3,(H2,15,17)(H,16,18). The van der Waals surface area contributed by atoms with Crippen LogP contribution in [0, 0.1) is 19.8 Å². The Balaban J connectivity index is 3.00. The summed E-state index contributed by atoms with van der Waals surface area (Å²) in [6, 6.07) is 3.85. The van der Waals surface area contributed by atoms with Gasteiger partial charge in [0.25, 0.3) is 0 Å². The van der Waals surface area contributed by atoms with Crippen LogP contribution in [0.15, 0.2) is 21.8 Å². The van der Waals surface area contributed by atoms with E-state index in [0.717, 1.165) is 21.3 Å². The lowest BCUT2D eigenvalue weighted by Crippen LogP contribution is -2.34. The summed E-state index contributed by atoms with van der Waals surface area (Å²) in [5, 5.41) is 14.4. The minimum absolute atomic E-state index is 0.0765. The number of rotatable bonds is 4. The third kappa shape index (κ3) is 3.70. The monoisotopic (exact) mass is 327 g/mol. The maximum atomic E-state index is 12.1. The number of oxime groups is 1. The van der Waals surface area contributed by atoms with Crippen molar-refractivity contribution in [1.29, 1.82) is 0 Å². The van der Waals surface area contributed by atoms with E-state index in [9.17, 15) is 4.79 Å². The van der Waals surface area contributed by atoms with Crippen molar-refractivity contribution in [2.24, 2.45) is 16.8 Å². The summed E-state index contributed by atoms with van der Waals surface area (Å²) in [6.07, 6.45) is 0.469. The molecule has 19 heavy (non-hydrogen) atoms. The van der Waals surface area contributed by atoms with E-state index in [0.29, 0.717) is 6.42 Å². The number of amidine groups is 1. The van der Waals surface area contributed by atoms with Gasteiger partial charge < -0.3 is 16.3 Å². The van der Waals surface area contributed by atoms with Crippen LogP contribution in [-0.4, -0.2) is 17.0 Å². The van der Waals surface area contributed by atoms with E-state index < -0.39 is 5.92 Å². The van der Waals surface area contributed by atoms with E-state index in [1.54, 1.807) is 0 Å². The van der Waals surface area contributed by atoms with E-state index in [1.807, 2.05) is 32.9 Å². The Morgan fingerprint density at radius 1 is 1.47 bits per heavy atom. The zero-order chi connectivity index (χ0) is 14.6. The summed E-state index contributed by atoms with van der Waals surface area (Å²) in [7, 11) is 0. The average molecular weight is 328 g/mol. The SMILES string of the molecule is CCC(C(=O)Nc1c(C)cc(Br)cc1C)C(N)=NO. The Kier molecular flexibility index (Phi) is 5.35. The molecule has 1 unspecified atom stereocenters. The van der Waals surface area contributed by atoms with Crippen LogP contribution in [0.2, 0.25) is 0 Å². The lowest BCUT2D eigenvalue weighted by Gasteiger charge is -2.16. The topological polar surface area (TPSA) is 87.7 Å². The summed E-state index contributed by atoms with van der Waals surface area (Å²) >= 11 is 3.41. The van der Waals surface area contributed by atoms with E-state index in [2.05, 4.69) is 26.4 Å². The van der Waals surface area contributed by atoms with Crippen LogP contribution in [0.3, 0.4) is 0 Å². The van der Waals surface area contributed by atoms with Crippen molar-refractivity contribution >= 4 is 33.4 Å². The van der Waals surface area contributed by atoms with Gasteiger partial charge in [0.15, 0.2) is 5.84 Å². The molecule has 6 heteroatoms. The van der Waals surface area contributed by atoms with Gasteiger partial charge in [-0.2, -0.15) is 0 Å². The van der Waals surface area contributed by atoms with Crippen LogP contribution < -0.4 is 11.1 Å². The number of benzene rings is 1. The number of carbonyl (C=O) groups excluding carboxylic acids is 1. The molecule has 1 aromatic rings. The Morgan fingerprint density at radius 3 is 2.42 bits per heavy atom. The van der Waals surface area contributed by atoms with E-state index in [1.165, 1.54) is 0 Å². The fourth-order valence-electron chi connectivity index (χ4n) is 1.92. The van der Waals surface area contributed by atoms with E-state index in [-0.39, 0.29) is 11.7 Å². The Hall–Kier alpha value is -1.56. The van der Waals surface area contributed by atoms with Crippen LogP contribution in [0.4, 0.5) is 5.69 Å². The maximum absolute atomic E-state index is 12.1. The van der Waals surface area contributed by atoms with Gasteiger partial charge in [-0.1, -0.05) is 28.0 Å². The molecule has 104 valence electrons. The summed E-state index contributed by atoms with van der Waals surface area (Å²) in [5.41, 5.74) is 8.18. The van der Waals surface area contributed by atoms with Crippen molar-refractivity contribution in [1.82, 2.24) is 0 Å². The van der Waals surface area contributed by atoms with Gasteiger partial charge in [-0.25, -0.2) is 0 Å². The lowest BCUT2D eigenvalue weighted by molar-refractivity contribution is -0.118. The molecule has 0 aromatic heterocycles. The first-order valence-corrected chi connectivity index (χ1v) is 6.75. The van der Waals surface area contributed by atoms with Gasteiger partial charge in [-0.3, -0.25) is 4.79 Å². The van der Waals surface area contributed by atoms with Gasteiger partial charge in [0.2, 0.25) is 5.91 Å². The molecule has 0 aliphatic rings. The van der Waals surface area contributed by atoms with Gasteiger partial charge in [-0.05, 0) is 43.5 Å². The molecule has 4 N–H and O–H groups in total. The first-order chi connectivity index (χ1) is 8.90. The third-order valence-electron chi connectivity index (χ3n) is 2.94. The molecule has 1 atom stereocenters. The molecule has 0 radical (unpaired) electrons. The maximum Gasteiger partial charge on any atom is 0.235 e. The van der Waals surface area contributed by atoms with Gasteiger partial charge >= 0.3 is 0 Å². The summed E-state index contributed by atoms with van der Waals surface area (Å²) in [5.74, 6) is -0.980. The number of anilines is 1. The van der Waals surface area contributed by atoms with Crippen LogP contribution in [-0.2, 0) is 4.79 Å². The quantitative estimate of drug-likeness (QED) is 0.344. The largest absolute Gasteiger partial charge is 0.409 e. The number of aryl methyl sites for hydroxylation is 2. The van der Waals surface area contributed by atoms with Crippen LogP contribution >= 0.6 is 15.9 Å². The molecular formula is C13H18BrN3O2. The third-order valence-corrected chi connectivity index (χ3v) is 3.40. The number of amides is 1. The molecule has 0 heterocycles. The molecule has 0 aliphatic carbocycles. The van der Waals surface area contributed by atoms with Gasteiger partial charge in [0, 0.05) is 10.2 Å². The van der Waals surface area contributed by atoms with Gasteiger partial charge in [-0.15, -0.1) is 0 Å². The molecule has 0 saturated carbocycles. The molecular weight excluding hydrogens is 310 g/mol. The molecule has 0 saturated heterocycles. The van der Waals surface area contributed by atoms with Crippen molar-refractivity contribution < 1.29 is 10.0 Å². The van der Waals surface area contributed by atoms with Crippen LogP contribution in [0.1, 0.15) is 24.5 Å². The van der Waals surface area contributed by atoms with Crippen LogP contribution in [0.25, 0.3) is 0 Å². The fourth-order valence-corrected chi connectivity index (χ4v) is 2.60. The number of nitrogens with two attached hydrogens (primary N) is 1. The molecule has 1 aromatic carbocycles. The number of hydrogen-bond acceptors (Lipinski definition) is 3. The number of carbonyl (C=O) groups is 1. The van der Waals surface area contributed by atoms with Crippen molar-refractivity contribution in [3.8, 4) is 0 Å². The summed E-state index contributed by atoms with van der Waals surface area (Å²) < 4.78 is 0.962. The number of halogens is 1. The van der Waals surface area contributed by atoms with Crippen molar-refractivity contribution in [3.05, 3.63) is 27.7 Å². The lowest BCUT2D eigenvalue weighted by atomic mass is 10.0. The molecule has 1 amide bonds. The van der Waals surface area contributed by atoms with E-state index >= 15 is 0 Å². The molecule has 0 aliphatic heterocycles. The normalized spacial score (nSPS) is 13.2. The Bertz CT molecular complexity index is 492. The number of hydrogen-bond donors (Lipinski definition) is 3. The molecule has 5 nitrogen and oxygen atoms in total. The van der Waals surface area contributed by atoms with Crippen molar-refractivity contribution in [2.75, 3.05) is 5.32 Å². The van der Waals surface area contributed by atoms with E-state index in [4.69, 9.17) is 10.9 Å². The van der Waals surface area contributed by atoms with Gasteiger partial charge in [0.05, 0.1) is 5.92 Å². The first-order valence-electron chi connectivity index (χ1n) is 5.95. The molecule has 0 fully saturated rings. The second-order valence-corrected chi connectivity index (χ2v) is 5.31. The Morgan fingerprint density at radius 2 is 2.00 bits per heavy atom. The summed E-state index contributed by atoms with van der Waals surface area (Å²) in [6.45, 7) is 5.64. The predicted octanol–water partition coefficient (Wildman–Crippen LogP) is 2.78. The highest BCUT2D eigenvalue weighted by Crippen LogP contribution is 2.25. The highest BCUT2D eigenvalue weighted by molar-refractivity contribution is 9.10. The zero-order valence-electron chi connectivity index (χ0n) is 11.2. The smallest absolute Gasteiger partial charge is 0.235 e. The average Bonchev–Trinajstić information content (AvgIpc) is 2.34. The number of nitrogens with one attached hydrogen (secondary N) is 1. The highest BCUT2D eigenvalue weighted by Gasteiger charge is 2.22. The second kappa shape index (κ2) is 6.56. The minimum atomic E-state index is -0.632.